The molecule has 5 atom stereocenters. The highest BCUT2D eigenvalue weighted by Gasteiger charge is 2.54. The summed E-state index contributed by atoms with van der Waals surface area (Å²) in [7, 11) is 1.93. The van der Waals surface area contributed by atoms with Crippen molar-refractivity contribution < 1.29 is 18.4 Å². The standard InChI is InChI=1S/C33H36FN9O3/c1-17(24-10-19(34)14-42(24)2)45-31-22-12-38-43(25-13-37-33(25)15-44-16-33)30(22)39-29(40-31)27-20-4-3-8-32(28(20)46-41-27)9-7-18-5-6-23(36)21(11-35)26(18)32/h5-6,12,17,19,24-25,37H,3-4,7-10,13-16,36H2,1-2H3/t17-,19+,24-,25+,32-/m0/s1. The molecule has 9 rings (SSSR count). The number of hydrogen-bond donors (Lipinski definition) is 2. The number of aryl methyl sites for hydroxylation is 1. The van der Waals surface area contributed by atoms with Gasteiger partial charge in [-0.2, -0.15) is 15.3 Å². The summed E-state index contributed by atoms with van der Waals surface area (Å²) in [6.07, 6.45) is 5.12. The van der Waals surface area contributed by atoms with Crippen LogP contribution in [0.5, 0.6) is 5.88 Å². The number of anilines is 1. The fourth-order valence-electron chi connectivity index (χ4n) is 8.77. The van der Waals surface area contributed by atoms with Crippen LogP contribution in [0.25, 0.3) is 22.6 Å². The van der Waals surface area contributed by atoms with E-state index < -0.39 is 11.6 Å². The van der Waals surface area contributed by atoms with Crippen molar-refractivity contribution in [3.05, 3.63) is 46.3 Å². The number of benzene rings is 1. The van der Waals surface area contributed by atoms with Crippen LogP contribution in [0.3, 0.4) is 0 Å². The number of hydrogen-bond acceptors (Lipinski definition) is 11. The van der Waals surface area contributed by atoms with Crippen molar-refractivity contribution in [3.63, 3.8) is 0 Å². The van der Waals surface area contributed by atoms with E-state index in [2.05, 4.69) is 16.5 Å². The van der Waals surface area contributed by atoms with Gasteiger partial charge in [0.1, 0.15) is 23.7 Å². The minimum absolute atomic E-state index is 0.0689. The van der Waals surface area contributed by atoms with Crippen LogP contribution in [0, 0.1) is 11.3 Å². The third-order valence-electron chi connectivity index (χ3n) is 11.3. The lowest BCUT2D eigenvalue weighted by molar-refractivity contribution is -0.139. The molecular weight excluding hydrogens is 589 g/mol. The van der Waals surface area contributed by atoms with E-state index in [9.17, 15) is 9.65 Å². The molecule has 3 N–H and O–H groups in total. The Bertz CT molecular complexity index is 1920. The van der Waals surface area contributed by atoms with Gasteiger partial charge < -0.3 is 25.0 Å². The lowest BCUT2D eigenvalue weighted by atomic mass is 9.68. The summed E-state index contributed by atoms with van der Waals surface area (Å²) in [6.45, 7) is 4.33. The summed E-state index contributed by atoms with van der Waals surface area (Å²) in [4.78, 5) is 12.1. The van der Waals surface area contributed by atoms with Crippen LogP contribution >= 0.6 is 0 Å². The molecule has 238 valence electrons. The number of likely N-dealkylation sites (N-methyl/N-ethyl adjacent to an activating group) is 1. The number of ether oxygens (including phenoxy) is 2. The third kappa shape index (κ3) is 3.80. The van der Waals surface area contributed by atoms with Gasteiger partial charge in [-0.3, -0.25) is 4.90 Å². The minimum atomic E-state index is -0.886. The topological polar surface area (TPSA) is 153 Å². The maximum atomic E-state index is 14.3. The Morgan fingerprint density at radius 1 is 1.24 bits per heavy atom. The number of nitrogen functional groups attached to an aromatic ring is 1. The first-order chi connectivity index (χ1) is 22.3. The Hall–Kier alpha value is -4.12. The Morgan fingerprint density at radius 3 is 2.83 bits per heavy atom. The molecule has 2 spiro atoms. The predicted octanol–water partition coefficient (Wildman–Crippen LogP) is 3.23. The molecule has 0 amide bonds. The summed E-state index contributed by atoms with van der Waals surface area (Å²) in [5.74, 6) is 1.57. The van der Waals surface area contributed by atoms with Crippen LogP contribution in [0.15, 0.2) is 22.9 Å². The van der Waals surface area contributed by atoms with Crippen LogP contribution in [0.1, 0.15) is 66.7 Å². The Labute approximate surface area is 265 Å². The molecule has 3 saturated heterocycles. The van der Waals surface area contributed by atoms with Gasteiger partial charge in [0.25, 0.3) is 0 Å². The SMILES string of the molecule is C[C@H](Oc1nc(-c2noc3c2CCC[C@@]32CCc3ccc(N)c(C#N)c32)nc2c1cnn2[C@@H]1CNC12COC2)[C@@H]1C[C@@H](F)CN1C. The number of nitrogens with two attached hydrogens (primary N) is 1. The first-order valence-corrected chi connectivity index (χ1v) is 16.2. The highest BCUT2D eigenvalue weighted by Crippen LogP contribution is 2.54. The van der Waals surface area contributed by atoms with Gasteiger partial charge in [0.15, 0.2) is 22.9 Å². The number of alkyl halides is 1. The summed E-state index contributed by atoms with van der Waals surface area (Å²) in [6, 6.07) is 6.22. The van der Waals surface area contributed by atoms with Gasteiger partial charge in [0, 0.05) is 30.4 Å². The zero-order valence-electron chi connectivity index (χ0n) is 25.9. The predicted molar refractivity (Wildman–Crippen MR) is 165 cm³/mol. The molecule has 12 nitrogen and oxygen atoms in total. The van der Waals surface area contributed by atoms with E-state index in [0.717, 1.165) is 61.1 Å². The number of nitrogens with zero attached hydrogens (tertiary/aromatic N) is 7. The van der Waals surface area contributed by atoms with Gasteiger partial charge in [0.2, 0.25) is 5.88 Å². The highest BCUT2D eigenvalue weighted by atomic mass is 19.1. The molecule has 0 unspecified atom stereocenters. The summed E-state index contributed by atoms with van der Waals surface area (Å²) in [5, 5.41) is 23.8. The van der Waals surface area contributed by atoms with Gasteiger partial charge >= 0.3 is 0 Å². The molecule has 0 radical (unpaired) electrons. The zero-order chi connectivity index (χ0) is 31.4. The molecule has 0 saturated carbocycles. The van der Waals surface area contributed by atoms with E-state index in [0.29, 0.717) is 65.9 Å². The van der Waals surface area contributed by atoms with E-state index in [-0.39, 0.29) is 23.7 Å². The van der Waals surface area contributed by atoms with Crippen LogP contribution in [-0.4, -0.2) is 87.0 Å². The van der Waals surface area contributed by atoms with E-state index in [1.807, 2.05) is 35.7 Å². The number of halogens is 1. The zero-order valence-corrected chi connectivity index (χ0v) is 25.9. The third-order valence-corrected chi connectivity index (χ3v) is 11.3. The van der Waals surface area contributed by atoms with Crippen LogP contribution < -0.4 is 15.8 Å². The number of nitriles is 1. The van der Waals surface area contributed by atoms with Crippen LogP contribution in [0.4, 0.5) is 10.1 Å². The minimum Gasteiger partial charge on any atom is -0.472 e. The average molecular weight is 626 g/mol. The number of likely N-dealkylation sites (tertiary alicyclic amines) is 1. The van der Waals surface area contributed by atoms with Crippen molar-refractivity contribution in [2.45, 2.75) is 80.8 Å². The van der Waals surface area contributed by atoms with Crippen LogP contribution in [-0.2, 0) is 23.0 Å². The molecule has 5 aliphatic rings. The molecule has 3 aliphatic heterocycles. The van der Waals surface area contributed by atoms with Gasteiger partial charge in [-0.05, 0) is 69.7 Å². The maximum absolute atomic E-state index is 14.3. The molecule has 4 aromatic rings. The number of aromatic nitrogens is 5. The lowest BCUT2D eigenvalue weighted by Gasteiger charge is -2.55. The molecule has 6 heterocycles. The van der Waals surface area contributed by atoms with Gasteiger partial charge in [0.05, 0.1) is 42.0 Å². The van der Waals surface area contributed by atoms with Crippen molar-refractivity contribution in [2.75, 3.05) is 39.1 Å². The molecule has 0 bridgehead atoms. The summed E-state index contributed by atoms with van der Waals surface area (Å²) < 4.78 is 34.7. The molecule has 3 aromatic heterocycles. The lowest BCUT2D eigenvalue weighted by Crippen LogP contribution is -2.75. The quantitative estimate of drug-likeness (QED) is 0.314. The second-order valence-electron chi connectivity index (χ2n) is 13.8. The van der Waals surface area contributed by atoms with Crippen molar-refractivity contribution in [1.29, 1.82) is 5.26 Å². The number of rotatable bonds is 5. The van der Waals surface area contributed by atoms with E-state index in [1.54, 1.807) is 6.20 Å². The van der Waals surface area contributed by atoms with Crippen molar-refractivity contribution in [1.82, 2.24) is 35.1 Å². The van der Waals surface area contributed by atoms with E-state index in [1.165, 1.54) is 0 Å². The molecule has 46 heavy (non-hydrogen) atoms. The number of nitrogens with one attached hydrogen (secondary N) is 1. The smallest absolute Gasteiger partial charge is 0.228 e. The molecule has 3 fully saturated rings. The van der Waals surface area contributed by atoms with Crippen molar-refractivity contribution in [2.24, 2.45) is 0 Å². The number of fused-ring (bicyclic) bond motifs is 5. The largest absolute Gasteiger partial charge is 0.472 e. The highest BCUT2D eigenvalue weighted by molar-refractivity contribution is 5.82. The second-order valence-corrected chi connectivity index (χ2v) is 13.8. The Balaban J connectivity index is 1.17. The molecule has 2 aliphatic carbocycles. The summed E-state index contributed by atoms with van der Waals surface area (Å²) in [5.41, 5.74) is 11.0. The van der Waals surface area contributed by atoms with Crippen molar-refractivity contribution in [3.8, 4) is 23.5 Å². The fraction of sp³-hybridized carbons (Fsp3) is 0.545. The molecule has 1 aromatic carbocycles. The van der Waals surface area contributed by atoms with Gasteiger partial charge in [-0.15, -0.1) is 0 Å². The van der Waals surface area contributed by atoms with E-state index >= 15 is 0 Å². The van der Waals surface area contributed by atoms with Gasteiger partial charge in [-0.25, -0.2) is 14.1 Å². The fourth-order valence-corrected chi connectivity index (χ4v) is 8.77. The molecular formula is C33H36FN9O3. The Kier molecular flexibility index (Phi) is 6.08. The first-order valence-electron chi connectivity index (χ1n) is 16.2. The second kappa shape index (κ2) is 9.94. The Morgan fingerprint density at radius 2 is 2.11 bits per heavy atom. The van der Waals surface area contributed by atoms with Crippen molar-refractivity contribution >= 4 is 16.7 Å². The summed E-state index contributed by atoms with van der Waals surface area (Å²) >= 11 is 0. The average Bonchev–Trinajstić information content (AvgIpc) is 3.78. The maximum Gasteiger partial charge on any atom is 0.228 e. The first kappa shape index (κ1) is 28.1. The monoisotopic (exact) mass is 625 g/mol. The molecule has 13 heteroatoms. The van der Waals surface area contributed by atoms with Crippen LogP contribution in [0.2, 0.25) is 0 Å². The van der Waals surface area contributed by atoms with E-state index in [4.69, 9.17) is 34.8 Å². The van der Waals surface area contributed by atoms with Gasteiger partial charge in [-0.1, -0.05) is 11.2 Å². The normalized spacial score (nSPS) is 28.5.